The standard InChI is InChI=1S/C19H16Cl2F3N3OS/c20-13-5-3-11(9-14(13)21)17(28)26-18(29)25-15-10-12(19(22,23)24)4-6-16(15)27-7-1-2-8-27/h3-6,9-10H,1-2,7-8H2,(H2,25,26,28,29). The second kappa shape index (κ2) is 8.77. The van der Waals surface area contributed by atoms with E-state index in [4.69, 9.17) is 35.4 Å². The fourth-order valence-electron chi connectivity index (χ4n) is 3.01. The molecule has 0 saturated carbocycles. The molecule has 0 aliphatic carbocycles. The predicted molar refractivity (Wildman–Crippen MR) is 113 cm³/mol. The number of benzene rings is 2. The number of nitrogens with one attached hydrogen (secondary N) is 2. The molecule has 0 spiro atoms. The van der Waals surface area contributed by atoms with Gasteiger partial charge in [-0.2, -0.15) is 13.2 Å². The van der Waals surface area contributed by atoms with Gasteiger partial charge >= 0.3 is 6.18 Å². The average Bonchev–Trinajstić information content (AvgIpc) is 3.17. The minimum absolute atomic E-state index is 0.124. The molecule has 2 aromatic rings. The molecule has 10 heteroatoms. The van der Waals surface area contributed by atoms with Crippen LogP contribution >= 0.6 is 35.4 Å². The Morgan fingerprint density at radius 3 is 2.34 bits per heavy atom. The van der Waals surface area contributed by atoms with Gasteiger partial charge in [0.1, 0.15) is 0 Å². The van der Waals surface area contributed by atoms with Crippen molar-refractivity contribution in [3.05, 3.63) is 57.6 Å². The molecule has 2 aromatic carbocycles. The molecule has 0 radical (unpaired) electrons. The van der Waals surface area contributed by atoms with Gasteiger partial charge in [0.15, 0.2) is 5.11 Å². The highest BCUT2D eigenvalue weighted by Crippen LogP contribution is 2.36. The lowest BCUT2D eigenvalue weighted by atomic mass is 10.1. The molecule has 0 unspecified atom stereocenters. The number of hydrogen-bond donors (Lipinski definition) is 2. The zero-order valence-corrected chi connectivity index (χ0v) is 17.3. The Hall–Kier alpha value is -2.03. The second-order valence-corrected chi connectivity index (χ2v) is 7.68. The summed E-state index contributed by atoms with van der Waals surface area (Å²) in [6, 6.07) is 7.75. The van der Waals surface area contributed by atoms with E-state index in [1.165, 1.54) is 24.3 Å². The molecule has 0 bridgehead atoms. The van der Waals surface area contributed by atoms with E-state index in [0.717, 1.165) is 38.1 Å². The van der Waals surface area contributed by atoms with Crippen molar-refractivity contribution in [1.82, 2.24) is 5.32 Å². The highest BCUT2D eigenvalue weighted by Gasteiger charge is 2.32. The van der Waals surface area contributed by atoms with Crippen LogP contribution < -0.4 is 15.5 Å². The molecule has 4 nitrogen and oxygen atoms in total. The van der Waals surface area contributed by atoms with Gasteiger partial charge in [-0.3, -0.25) is 10.1 Å². The Morgan fingerprint density at radius 2 is 1.72 bits per heavy atom. The Bertz CT molecular complexity index is 947. The van der Waals surface area contributed by atoms with Crippen LogP contribution in [0.4, 0.5) is 24.5 Å². The van der Waals surface area contributed by atoms with Crippen molar-refractivity contribution >= 4 is 57.8 Å². The molecular weight excluding hydrogens is 446 g/mol. The van der Waals surface area contributed by atoms with Gasteiger partial charge < -0.3 is 10.2 Å². The largest absolute Gasteiger partial charge is 0.416 e. The van der Waals surface area contributed by atoms with Gasteiger partial charge in [0.2, 0.25) is 0 Å². The lowest BCUT2D eigenvalue weighted by Crippen LogP contribution is -2.34. The summed E-state index contributed by atoms with van der Waals surface area (Å²) in [4.78, 5) is 14.3. The van der Waals surface area contributed by atoms with Crippen LogP contribution in [0.5, 0.6) is 0 Å². The third-order valence-electron chi connectivity index (χ3n) is 4.43. The van der Waals surface area contributed by atoms with E-state index < -0.39 is 17.6 Å². The van der Waals surface area contributed by atoms with Crippen LogP contribution in [0.15, 0.2) is 36.4 Å². The average molecular weight is 462 g/mol. The van der Waals surface area contributed by atoms with Crippen molar-refractivity contribution in [2.24, 2.45) is 0 Å². The maximum atomic E-state index is 13.1. The summed E-state index contributed by atoms with van der Waals surface area (Å²) in [6.45, 7) is 1.48. The van der Waals surface area contributed by atoms with Crippen molar-refractivity contribution in [2.75, 3.05) is 23.3 Å². The Labute approximate surface area is 181 Å². The van der Waals surface area contributed by atoms with Crippen molar-refractivity contribution in [3.8, 4) is 0 Å². The van der Waals surface area contributed by atoms with Crippen molar-refractivity contribution in [1.29, 1.82) is 0 Å². The molecular formula is C19H16Cl2F3N3OS. The van der Waals surface area contributed by atoms with Gasteiger partial charge in [0.05, 0.1) is 27.0 Å². The van der Waals surface area contributed by atoms with Gasteiger partial charge in [-0.25, -0.2) is 0 Å². The number of nitrogens with zero attached hydrogens (tertiary/aromatic N) is 1. The number of halogens is 5. The van der Waals surface area contributed by atoms with Gasteiger partial charge in [-0.1, -0.05) is 23.2 Å². The molecule has 1 heterocycles. The van der Waals surface area contributed by atoms with Crippen LogP contribution in [0.2, 0.25) is 10.0 Å². The third-order valence-corrected chi connectivity index (χ3v) is 5.37. The minimum atomic E-state index is -4.50. The zero-order chi connectivity index (χ0) is 21.2. The number of amides is 1. The molecule has 29 heavy (non-hydrogen) atoms. The molecule has 1 fully saturated rings. The highest BCUT2D eigenvalue weighted by atomic mass is 35.5. The quantitative estimate of drug-likeness (QED) is 0.572. The first-order chi connectivity index (χ1) is 13.6. The van der Waals surface area contributed by atoms with Gasteiger partial charge in [0.25, 0.3) is 5.91 Å². The van der Waals surface area contributed by atoms with Crippen LogP contribution in [0.3, 0.4) is 0 Å². The molecule has 1 aliphatic rings. The smallest absolute Gasteiger partial charge is 0.370 e. The number of thiocarbonyl (C=S) groups is 1. The van der Waals surface area contributed by atoms with Crippen molar-refractivity contribution in [3.63, 3.8) is 0 Å². The highest BCUT2D eigenvalue weighted by molar-refractivity contribution is 7.80. The van der Waals surface area contributed by atoms with E-state index in [9.17, 15) is 18.0 Å². The van der Waals surface area contributed by atoms with Crippen LogP contribution in [0.1, 0.15) is 28.8 Å². The van der Waals surface area contributed by atoms with Gasteiger partial charge in [0, 0.05) is 18.7 Å². The van der Waals surface area contributed by atoms with Crippen LogP contribution in [-0.2, 0) is 6.18 Å². The second-order valence-electron chi connectivity index (χ2n) is 6.46. The molecule has 154 valence electrons. The zero-order valence-electron chi connectivity index (χ0n) is 14.9. The van der Waals surface area contributed by atoms with E-state index >= 15 is 0 Å². The maximum Gasteiger partial charge on any atom is 0.416 e. The van der Waals surface area contributed by atoms with Crippen LogP contribution in [0.25, 0.3) is 0 Å². The number of carbonyl (C=O) groups excluding carboxylic acids is 1. The summed E-state index contributed by atoms with van der Waals surface area (Å²) >= 11 is 16.9. The van der Waals surface area contributed by atoms with E-state index in [0.29, 0.717) is 10.7 Å². The number of rotatable bonds is 3. The minimum Gasteiger partial charge on any atom is -0.370 e. The summed E-state index contributed by atoms with van der Waals surface area (Å²) in [6.07, 6.45) is -2.58. The number of hydrogen-bond acceptors (Lipinski definition) is 3. The number of alkyl halides is 3. The third kappa shape index (κ3) is 5.32. The summed E-state index contributed by atoms with van der Waals surface area (Å²) < 4.78 is 39.4. The first-order valence-electron chi connectivity index (χ1n) is 8.69. The molecule has 1 saturated heterocycles. The summed E-state index contributed by atoms with van der Waals surface area (Å²) in [5.41, 5.74) is 0.191. The fraction of sp³-hybridized carbons (Fsp3) is 0.263. The lowest BCUT2D eigenvalue weighted by Gasteiger charge is -2.23. The van der Waals surface area contributed by atoms with E-state index in [1.807, 2.05) is 4.90 Å². The molecule has 0 aromatic heterocycles. The Balaban J connectivity index is 1.80. The van der Waals surface area contributed by atoms with E-state index in [1.54, 1.807) is 0 Å². The predicted octanol–water partition coefficient (Wildman–Crippen LogP) is 5.74. The lowest BCUT2D eigenvalue weighted by molar-refractivity contribution is -0.137. The summed E-state index contributed by atoms with van der Waals surface area (Å²) in [5, 5.41) is 5.54. The summed E-state index contributed by atoms with van der Waals surface area (Å²) in [5.74, 6) is -0.559. The van der Waals surface area contributed by atoms with Crippen LogP contribution in [-0.4, -0.2) is 24.1 Å². The van der Waals surface area contributed by atoms with Gasteiger partial charge in [-0.05, 0) is 61.5 Å². The SMILES string of the molecule is O=C(NC(=S)Nc1cc(C(F)(F)F)ccc1N1CCCC1)c1ccc(Cl)c(Cl)c1. The Morgan fingerprint density at radius 1 is 1.03 bits per heavy atom. The monoisotopic (exact) mass is 461 g/mol. The maximum absolute atomic E-state index is 13.1. The molecule has 0 atom stereocenters. The van der Waals surface area contributed by atoms with Gasteiger partial charge in [-0.15, -0.1) is 0 Å². The van der Waals surface area contributed by atoms with E-state index in [-0.39, 0.29) is 21.4 Å². The fourth-order valence-corrected chi connectivity index (χ4v) is 3.51. The van der Waals surface area contributed by atoms with Crippen molar-refractivity contribution in [2.45, 2.75) is 19.0 Å². The van der Waals surface area contributed by atoms with Crippen LogP contribution in [0, 0.1) is 0 Å². The number of carbonyl (C=O) groups is 1. The normalized spacial score (nSPS) is 14.0. The Kier molecular flexibility index (Phi) is 6.55. The first-order valence-corrected chi connectivity index (χ1v) is 9.85. The first kappa shape index (κ1) is 21.7. The summed E-state index contributed by atoms with van der Waals surface area (Å²) in [7, 11) is 0. The van der Waals surface area contributed by atoms with Crippen molar-refractivity contribution < 1.29 is 18.0 Å². The molecule has 2 N–H and O–H groups in total. The molecule has 1 amide bonds. The molecule has 3 rings (SSSR count). The molecule has 1 aliphatic heterocycles. The topological polar surface area (TPSA) is 44.4 Å². The van der Waals surface area contributed by atoms with E-state index in [2.05, 4.69) is 10.6 Å². The number of anilines is 2.